The fourth-order valence-electron chi connectivity index (χ4n) is 5.46. The smallest absolute Gasteiger partial charge is 0.324 e. The van der Waals surface area contributed by atoms with Gasteiger partial charge in [-0.2, -0.15) is 9.47 Å². The van der Waals surface area contributed by atoms with E-state index < -0.39 is 0 Å². The molecule has 1 N–H and O–H groups in total. The Morgan fingerprint density at radius 3 is 2.61 bits per heavy atom. The summed E-state index contributed by atoms with van der Waals surface area (Å²) in [5.41, 5.74) is 5.60. The summed E-state index contributed by atoms with van der Waals surface area (Å²) in [6.07, 6.45) is 7.10. The molecule has 0 fully saturated rings. The van der Waals surface area contributed by atoms with Gasteiger partial charge in [-0.05, 0) is 29.7 Å². The van der Waals surface area contributed by atoms with Crippen molar-refractivity contribution in [2.75, 3.05) is 7.05 Å². The number of rotatable bonds is 3. The summed E-state index contributed by atoms with van der Waals surface area (Å²) in [6.45, 7) is 6.42. The van der Waals surface area contributed by atoms with E-state index in [1.165, 1.54) is 0 Å². The fourth-order valence-corrected chi connectivity index (χ4v) is 5.46. The number of quaternary nitrogens is 1. The number of phenols is 1. The van der Waals surface area contributed by atoms with E-state index in [-0.39, 0.29) is 15.6 Å². The van der Waals surface area contributed by atoms with Crippen LogP contribution in [-0.4, -0.2) is 31.7 Å². The summed E-state index contributed by atoms with van der Waals surface area (Å²) >= 11 is 0. The number of phenolic OH excluding ortho intramolecular Hbond substituents is 1. The quantitative estimate of drug-likeness (QED) is 0.255. The number of imidazole rings is 1. The van der Waals surface area contributed by atoms with E-state index in [0.717, 1.165) is 39.4 Å². The predicted octanol–water partition coefficient (Wildman–Crippen LogP) is 7.27. The van der Waals surface area contributed by atoms with Crippen LogP contribution in [-0.2, 0) is 5.41 Å². The number of hydrogen-bond donors (Lipinski definition) is 1. The van der Waals surface area contributed by atoms with Crippen molar-refractivity contribution in [3.05, 3.63) is 84.9 Å². The van der Waals surface area contributed by atoms with Crippen molar-refractivity contribution in [3.63, 3.8) is 0 Å². The average Bonchev–Trinajstić information content (AvgIpc) is 3.59. The van der Waals surface area contributed by atoms with Gasteiger partial charge in [-0.3, -0.25) is 4.98 Å². The summed E-state index contributed by atoms with van der Waals surface area (Å²) in [6, 6.07) is 17.4. The van der Waals surface area contributed by atoms with Crippen LogP contribution in [0.3, 0.4) is 0 Å². The van der Waals surface area contributed by atoms with E-state index in [0.29, 0.717) is 22.9 Å². The van der Waals surface area contributed by atoms with Crippen LogP contribution in [0.1, 0.15) is 26.3 Å². The van der Waals surface area contributed by atoms with E-state index in [4.69, 9.17) is 9.15 Å². The standard InChI is InChI=1S/C30H25N5O3/c1-30(2,3)20-12-13-31-25-19-16-18(17-33-28(19)38-27(20)25)37-24-11-7-10-23(26(24)36)35(4)22-9-6-5-8-21(22)34-15-14-32-29(34)35/h5-17H,1-4H3/p+1. The third-order valence-corrected chi connectivity index (χ3v) is 7.32. The van der Waals surface area contributed by atoms with Crippen LogP contribution in [0.15, 0.2) is 83.8 Å². The van der Waals surface area contributed by atoms with Crippen LogP contribution in [0.4, 0.5) is 17.3 Å². The van der Waals surface area contributed by atoms with Gasteiger partial charge in [0.2, 0.25) is 11.5 Å². The molecular formula is C30H26N5O3+. The van der Waals surface area contributed by atoms with Gasteiger partial charge in [-0.25, -0.2) is 9.55 Å². The van der Waals surface area contributed by atoms with Gasteiger partial charge in [-0.15, -0.1) is 0 Å². The lowest BCUT2D eigenvalue weighted by atomic mass is 9.87. The highest BCUT2D eigenvalue weighted by Crippen LogP contribution is 2.54. The van der Waals surface area contributed by atoms with Crippen LogP contribution >= 0.6 is 0 Å². The summed E-state index contributed by atoms with van der Waals surface area (Å²) in [7, 11) is 2.02. The van der Waals surface area contributed by atoms with Crippen LogP contribution in [0, 0.1) is 0 Å². The number of nitrogens with zero attached hydrogens (tertiary/aromatic N) is 5. The Morgan fingerprint density at radius 2 is 1.76 bits per heavy atom. The van der Waals surface area contributed by atoms with Gasteiger partial charge in [0.1, 0.15) is 17.0 Å². The normalized spacial score (nSPS) is 16.6. The molecular weight excluding hydrogens is 478 g/mol. The van der Waals surface area contributed by atoms with Crippen molar-refractivity contribution in [1.29, 1.82) is 0 Å². The number of benzene rings is 2. The summed E-state index contributed by atoms with van der Waals surface area (Å²) in [4.78, 5) is 13.7. The van der Waals surface area contributed by atoms with Gasteiger partial charge < -0.3 is 14.3 Å². The number of para-hydroxylation sites is 3. The van der Waals surface area contributed by atoms with Crippen molar-refractivity contribution in [2.45, 2.75) is 26.2 Å². The number of ether oxygens (including phenoxy) is 1. The third kappa shape index (κ3) is 3.04. The third-order valence-electron chi connectivity index (χ3n) is 7.32. The zero-order valence-corrected chi connectivity index (χ0v) is 21.5. The number of aromatic nitrogens is 4. The van der Waals surface area contributed by atoms with Crippen molar-refractivity contribution in [2.24, 2.45) is 0 Å². The van der Waals surface area contributed by atoms with Crippen molar-refractivity contribution in [1.82, 2.24) is 24.0 Å². The molecule has 8 heteroatoms. The Hall–Kier alpha value is -4.69. The SMILES string of the molecule is CC(C)(C)c1ccnc2c1oc1ncc(Oc3cccc([N+]4(C)c5ccccc5-n5ccnc54)c3O)cc12. The van der Waals surface area contributed by atoms with Gasteiger partial charge in [0.05, 0.1) is 24.8 Å². The lowest BCUT2D eigenvalue weighted by Crippen LogP contribution is -2.32. The van der Waals surface area contributed by atoms with Crippen molar-refractivity contribution in [3.8, 4) is 22.9 Å². The van der Waals surface area contributed by atoms with Gasteiger partial charge >= 0.3 is 5.95 Å². The average molecular weight is 505 g/mol. The molecule has 8 nitrogen and oxygen atoms in total. The number of fused-ring (bicyclic) bond motifs is 6. The van der Waals surface area contributed by atoms with E-state index in [9.17, 15) is 5.11 Å². The van der Waals surface area contributed by atoms with Gasteiger partial charge in [0, 0.05) is 30.1 Å². The minimum absolute atomic E-state index is 0.0338. The molecule has 0 amide bonds. The van der Waals surface area contributed by atoms with Crippen LogP contribution in [0.25, 0.3) is 27.9 Å². The molecule has 5 heterocycles. The molecule has 0 aliphatic carbocycles. The molecule has 0 saturated carbocycles. The van der Waals surface area contributed by atoms with Gasteiger partial charge in [0.15, 0.2) is 22.7 Å². The Morgan fingerprint density at radius 1 is 0.947 bits per heavy atom. The van der Waals surface area contributed by atoms with Crippen LogP contribution < -0.4 is 9.22 Å². The summed E-state index contributed by atoms with van der Waals surface area (Å²) in [5, 5.41) is 12.3. The minimum atomic E-state index is -0.109. The monoisotopic (exact) mass is 504 g/mol. The zero-order chi connectivity index (χ0) is 26.2. The predicted molar refractivity (Wildman–Crippen MR) is 147 cm³/mol. The van der Waals surface area contributed by atoms with Crippen molar-refractivity contribution < 1.29 is 14.3 Å². The zero-order valence-electron chi connectivity index (χ0n) is 21.5. The second kappa shape index (κ2) is 7.66. The van der Waals surface area contributed by atoms with Crippen LogP contribution in [0.2, 0.25) is 0 Å². The van der Waals surface area contributed by atoms with E-state index in [1.807, 2.05) is 54.2 Å². The second-order valence-electron chi connectivity index (χ2n) is 10.7. The lowest BCUT2D eigenvalue weighted by Gasteiger charge is -2.27. The van der Waals surface area contributed by atoms with Crippen LogP contribution in [0.5, 0.6) is 17.2 Å². The molecule has 1 atom stereocenters. The van der Waals surface area contributed by atoms with E-state index in [2.05, 4.69) is 47.9 Å². The number of aromatic hydroxyl groups is 1. The molecule has 0 radical (unpaired) electrons. The molecule has 7 rings (SSSR count). The summed E-state index contributed by atoms with van der Waals surface area (Å²) in [5.74, 6) is 1.61. The van der Waals surface area contributed by atoms with E-state index >= 15 is 0 Å². The fraction of sp³-hybridized carbons (Fsp3) is 0.167. The largest absolute Gasteiger partial charge is 0.500 e. The Labute approximate surface area is 219 Å². The highest BCUT2D eigenvalue weighted by Gasteiger charge is 2.46. The molecule has 0 spiro atoms. The molecule has 1 unspecified atom stereocenters. The second-order valence-corrected chi connectivity index (χ2v) is 10.7. The first kappa shape index (κ1) is 22.5. The first-order valence-corrected chi connectivity index (χ1v) is 12.5. The van der Waals surface area contributed by atoms with Gasteiger partial charge in [0.25, 0.3) is 0 Å². The Balaban J connectivity index is 1.32. The molecule has 38 heavy (non-hydrogen) atoms. The summed E-state index contributed by atoms with van der Waals surface area (Å²) < 4.78 is 14.6. The molecule has 0 bridgehead atoms. The molecule has 1 aliphatic heterocycles. The Kier molecular flexibility index (Phi) is 4.54. The van der Waals surface area contributed by atoms with Gasteiger partial charge in [-0.1, -0.05) is 39.0 Å². The number of furan rings is 1. The lowest BCUT2D eigenvalue weighted by molar-refractivity contribution is 0.402. The molecule has 188 valence electrons. The highest BCUT2D eigenvalue weighted by molar-refractivity contribution is 6.02. The molecule has 4 aromatic heterocycles. The maximum Gasteiger partial charge on any atom is 0.324 e. The topological polar surface area (TPSA) is 86.2 Å². The van der Waals surface area contributed by atoms with E-state index in [1.54, 1.807) is 24.7 Å². The first-order chi connectivity index (χ1) is 18.3. The number of hydrogen-bond acceptors (Lipinski definition) is 6. The molecule has 6 aromatic rings. The molecule has 1 aliphatic rings. The Bertz CT molecular complexity index is 1880. The maximum atomic E-state index is 11.5. The first-order valence-electron chi connectivity index (χ1n) is 12.5. The number of pyridine rings is 2. The molecule has 2 aromatic carbocycles. The minimum Gasteiger partial charge on any atom is -0.500 e. The maximum absolute atomic E-state index is 11.5. The highest BCUT2D eigenvalue weighted by atomic mass is 16.5. The molecule has 0 saturated heterocycles. The van der Waals surface area contributed by atoms with Crippen molar-refractivity contribution >= 4 is 39.5 Å².